The van der Waals surface area contributed by atoms with Gasteiger partial charge in [0.1, 0.15) is 0 Å². The van der Waals surface area contributed by atoms with Gasteiger partial charge in [0.2, 0.25) is 0 Å². The molecule has 140 valence electrons. The first kappa shape index (κ1) is 23.1. The summed E-state index contributed by atoms with van der Waals surface area (Å²) in [5, 5.41) is 0. The average Bonchev–Trinajstić information content (AvgIpc) is 3.49. The molecule has 0 aromatic carbocycles. The van der Waals surface area contributed by atoms with Gasteiger partial charge in [-0.3, -0.25) is 0 Å². The van der Waals surface area contributed by atoms with E-state index in [1.165, 1.54) is 12.8 Å². The van der Waals surface area contributed by atoms with Gasteiger partial charge in [0.15, 0.2) is 0 Å². The zero-order valence-corrected chi connectivity index (χ0v) is 15.6. The van der Waals surface area contributed by atoms with E-state index in [4.69, 9.17) is 18.9 Å². The molecule has 0 aromatic heterocycles. The van der Waals surface area contributed by atoms with Gasteiger partial charge < -0.3 is 18.9 Å². The van der Waals surface area contributed by atoms with E-state index in [0.717, 1.165) is 45.9 Å². The summed E-state index contributed by atoms with van der Waals surface area (Å²) in [6.45, 7) is 16.0. The molecule has 2 aliphatic rings. The van der Waals surface area contributed by atoms with Crippen molar-refractivity contribution in [2.45, 2.75) is 51.7 Å². The summed E-state index contributed by atoms with van der Waals surface area (Å²) in [6, 6.07) is 0. The topological polar surface area (TPSA) is 43.5 Å². The number of ether oxygens (including phenoxy) is 4. The number of hydrogen-bond donors (Lipinski definition) is 0. The van der Waals surface area contributed by atoms with Crippen LogP contribution < -0.4 is 0 Å². The normalized spacial score (nSPS) is 20.4. The number of allylic oxidation sites excluding steroid dienone is 2. The van der Waals surface area contributed by atoms with Crippen LogP contribution in [-0.2, 0) is 18.9 Å². The van der Waals surface area contributed by atoms with Crippen LogP contribution in [0.25, 0.3) is 0 Å². The lowest BCUT2D eigenvalue weighted by atomic mass is 10.2. The van der Waals surface area contributed by atoms with E-state index in [9.17, 15) is 0 Å². The molecule has 0 aliphatic carbocycles. The summed E-state index contributed by atoms with van der Waals surface area (Å²) in [6.07, 6.45) is 13.6. The van der Waals surface area contributed by atoms with Gasteiger partial charge in [-0.1, -0.05) is 24.3 Å². The maximum atomic E-state index is 5.14. The first-order valence-corrected chi connectivity index (χ1v) is 9.03. The van der Waals surface area contributed by atoms with Crippen molar-refractivity contribution in [2.24, 2.45) is 0 Å². The summed E-state index contributed by atoms with van der Waals surface area (Å²) in [5.74, 6) is 0. The van der Waals surface area contributed by atoms with E-state index in [2.05, 4.69) is 25.3 Å². The molecule has 0 aromatic rings. The molecular weight excluding hydrogens is 304 g/mol. The number of rotatable bonds is 12. The van der Waals surface area contributed by atoms with Crippen LogP contribution in [0.3, 0.4) is 0 Å². The Balaban J connectivity index is 0.000000353. The highest BCUT2D eigenvalue weighted by Gasteiger charge is 2.20. The second-order valence-electron chi connectivity index (χ2n) is 5.43. The highest BCUT2D eigenvalue weighted by atomic mass is 16.6. The Kier molecular flexibility index (Phi) is 17.7. The molecule has 4 heteroatoms. The van der Waals surface area contributed by atoms with E-state index >= 15 is 0 Å². The van der Waals surface area contributed by atoms with Gasteiger partial charge >= 0.3 is 0 Å². The highest BCUT2D eigenvalue weighted by Crippen LogP contribution is 2.15. The molecule has 2 aliphatic heterocycles. The Bertz CT molecular complexity index is 307. The van der Waals surface area contributed by atoms with Gasteiger partial charge in [-0.2, -0.15) is 0 Å². The molecule has 24 heavy (non-hydrogen) atoms. The minimum absolute atomic E-state index is 0.562. The molecule has 2 fully saturated rings. The van der Waals surface area contributed by atoms with Gasteiger partial charge in [0, 0.05) is 13.2 Å². The Morgan fingerprint density at radius 3 is 1.79 bits per heavy atom. The third kappa shape index (κ3) is 21.1. The molecule has 0 bridgehead atoms. The van der Waals surface area contributed by atoms with Crippen molar-refractivity contribution in [1.29, 1.82) is 0 Å². The quantitative estimate of drug-likeness (QED) is 0.301. The van der Waals surface area contributed by atoms with Crippen LogP contribution in [0.5, 0.6) is 0 Å². The third-order valence-electron chi connectivity index (χ3n) is 3.18. The van der Waals surface area contributed by atoms with E-state index in [1.54, 1.807) is 6.08 Å². The molecule has 0 saturated carbocycles. The molecule has 2 atom stereocenters. The molecular formula is C20H36O4. The summed E-state index contributed by atoms with van der Waals surface area (Å²) in [7, 11) is 0. The van der Waals surface area contributed by atoms with E-state index in [0.29, 0.717) is 18.8 Å². The predicted octanol–water partition coefficient (Wildman–Crippen LogP) is 4.32. The molecule has 4 nitrogen and oxygen atoms in total. The molecule has 0 N–H and O–H groups in total. The Morgan fingerprint density at radius 2 is 1.38 bits per heavy atom. The smallest absolute Gasteiger partial charge is 0.0812 e. The van der Waals surface area contributed by atoms with E-state index < -0.39 is 0 Å². The van der Waals surface area contributed by atoms with Gasteiger partial charge in [0.05, 0.1) is 38.6 Å². The van der Waals surface area contributed by atoms with Crippen LogP contribution in [0.1, 0.15) is 39.5 Å². The molecule has 0 amide bonds. The number of epoxide rings is 2. The van der Waals surface area contributed by atoms with E-state index in [1.807, 2.05) is 19.9 Å². The molecule has 0 spiro atoms. The first-order chi connectivity index (χ1) is 11.8. The zero-order chi connectivity index (χ0) is 17.9. The molecule has 2 saturated heterocycles. The third-order valence-corrected chi connectivity index (χ3v) is 3.18. The fraction of sp³-hybridized carbons (Fsp3) is 0.700. The summed E-state index contributed by atoms with van der Waals surface area (Å²) in [5.41, 5.74) is 0. The summed E-state index contributed by atoms with van der Waals surface area (Å²) >= 11 is 0. The zero-order valence-electron chi connectivity index (χ0n) is 15.6. The predicted molar refractivity (Wildman–Crippen MR) is 100 cm³/mol. The SMILES string of the molecule is C=CCCC1CO1.C=CCOCC.CCOCC=CCCC1CO1. The maximum absolute atomic E-state index is 5.14. The monoisotopic (exact) mass is 340 g/mol. The lowest BCUT2D eigenvalue weighted by molar-refractivity contribution is 0.177. The average molecular weight is 341 g/mol. The fourth-order valence-electron chi connectivity index (χ4n) is 1.63. The van der Waals surface area contributed by atoms with Crippen molar-refractivity contribution in [3.8, 4) is 0 Å². The molecule has 0 radical (unpaired) electrons. The minimum atomic E-state index is 0.562. The highest BCUT2D eigenvalue weighted by molar-refractivity contribution is 4.84. The van der Waals surface area contributed by atoms with Crippen molar-refractivity contribution in [1.82, 2.24) is 0 Å². The largest absolute Gasteiger partial charge is 0.378 e. The lowest BCUT2D eigenvalue weighted by Crippen LogP contribution is -1.88. The lowest BCUT2D eigenvalue weighted by Gasteiger charge is -1.92. The van der Waals surface area contributed by atoms with Crippen LogP contribution in [0.15, 0.2) is 37.5 Å². The summed E-state index contributed by atoms with van der Waals surface area (Å²) in [4.78, 5) is 0. The maximum Gasteiger partial charge on any atom is 0.0812 e. The van der Waals surface area contributed by atoms with Crippen molar-refractivity contribution in [2.75, 3.05) is 39.6 Å². The van der Waals surface area contributed by atoms with Gasteiger partial charge in [-0.05, 0) is 39.5 Å². The Hall–Kier alpha value is -0.940. The Labute approximate surface area is 148 Å². The standard InChI is InChI=1S/C9H16O2.C6H10O.C5H10O/c1-2-10-7-5-3-4-6-9-8-11-9;1-2-3-4-6-5-7-6;1-3-5-6-4-2/h3,5,9H,2,4,6-8H2,1H3;2,6H,1,3-5H2;3H,1,4-5H2,2H3. The molecule has 2 heterocycles. The molecule has 2 rings (SSSR count). The van der Waals surface area contributed by atoms with E-state index in [-0.39, 0.29) is 0 Å². The van der Waals surface area contributed by atoms with Crippen LogP contribution in [-0.4, -0.2) is 51.8 Å². The van der Waals surface area contributed by atoms with Crippen LogP contribution >= 0.6 is 0 Å². The fourth-order valence-corrected chi connectivity index (χ4v) is 1.63. The number of hydrogen-bond acceptors (Lipinski definition) is 4. The summed E-state index contributed by atoms with van der Waals surface area (Å²) < 4.78 is 20.0. The molecule has 2 unspecified atom stereocenters. The van der Waals surface area contributed by atoms with Crippen LogP contribution in [0.4, 0.5) is 0 Å². The van der Waals surface area contributed by atoms with Crippen LogP contribution in [0.2, 0.25) is 0 Å². The Morgan fingerprint density at radius 1 is 0.833 bits per heavy atom. The van der Waals surface area contributed by atoms with Crippen molar-refractivity contribution in [3.05, 3.63) is 37.5 Å². The van der Waals surface area contributed by atoms with Crippen molar-refractivity contribution < 1.29 is 18.9 Å². The van der Waals surface area contributed by atoms with Gasteiger partial charge in [0.25, 0.3) is 0 Å². The van der Waals surface area contributed by atoms with Gasteiger partial charge in [-0.25, -0.2) is 0 Å². The second-order valence-corrected chi connectivity index (χ2v) is 5.43. The van der Waals surface area contributed by atoms with Crippen molar-refractivity contribution in [3.63, 3.8) is 0 Å². The van der Waals surface area contributed by atoms with Crippen LogP contribution in [0, 0.1) is 0 Å². The second kappa shape index (κ2) is 18.4. The first-order valence-electron chi connectivity index (χ1n) is 9.03. The minimum Gasteiger partial charge on any atom is -0.378 e. The van der Waals surface area contributed by atoms with Crippen molar-refractivity contribution >= 4 is 0 Å². The van der Waals surface area contributed by atoms with Gasteiger partial charge in [-0.15, -0.1) is 13.2 Å².